The Morgan fingerprint density at radius 1 is 1.17 bits per heavy atom. The summed E-state index contributed by atoms with van der Waals surface area (Å²) in [5, 5.41) is 2.50. The number of carbonyl (C=O) groups excluding carboxylic acids is 1. The SMILES string of the molecule is Nc1ccc(NC(=O)c2ccc(I)cc2)c(F)c1. The van der Waals surface area contributed by atoms with Gasteiger partial charge in [0.05, 0.1) is 5.69 Å². The van der Waals surface area contributed by atoms with Crippen LogP contribution in [-0.2, 0) is 0 Å². The molecule has 1 amide bonds. The number of carbonyl (C=O) groups is 1. The molecule has 0 spiro atoms. The number of benzene rings is 2. The minimum atomic E-state index is -0.547. The van der Waals surface area contributed by atoms with E-state index in [2.05, 4.69) is 27.9 Å². The topological polar surface area (TPSA) is 55.1 Å². The van der Waals surface area contributed by atoms with Crippen molar-refractivity contribution >= 4 is 39.9 Å². The molecule has 0 atom stereocenters. The Hall–Kier alpha value is -1.63. The normalized spacial score (nSPS) is 10.1. The molecule has 3 nitrogen and oxygen atoms in total. The van der Waals surface area contributed by atoms with E-state index in [0.717, 1.165) is 3.57 Å². The summed E-state index contributed by atoms with van der Waals surface area (Å²) in [5.41, 5.74) is 6.35. The Morgan fingerprint density at radius 2 is 1.83 bits per heavy atom. The van der Waals surface area contributed by atoms with Crippen molar-refractivity contribution in [2.75, 3.05) is 11.1 Å². The van der Waals surface area contributed by atoms with Crippen LogP contribution in [0.4, 0.5) is 15.8 Å². The third kappa shape index (κ3) is 2.98. The van der Waals surface area contributed by atoms with Gasteiger partial charge in [0.1, 0.15) is 5.82 Å². The number of rotatable bonds is 2. The molecule has 0 aliphatic heterocycles. The van der Waals surface area contributed by atoms with Crippen LogP contribution in [0.15, 0.2) is 42.5 Å². The minimum absolute atomic E-state index is 0.118. The average Bonchev–Trinajstić information content (AvgIpc) is 2.33. The summed E-state index contributed by atoms with van der Waals surface area (Å²) < 4.78 is 14.5. The molecule has 2 aromatic carbocycles. The van der Waals surface area contributed by atoms with Crippen LogP contribution < -0.4 is 11.1 Å². The molecule has 2 aromatic rings. The third-order valence-electron chi connectivity index (χ3n) is 2.35. The lowest BCUT2D eigenvalue weighted by Crippen LogP contribution is -2.13. The maximum atomic E-state index is 13.5. The first-order valence-corrected chi connectivity index (χ1v) is 6.26. The quantitative estimate of drug-likeness (QED) is 0.641. The first-order valence-electron chi connectivity index (χ1n) is 5.18. The van der Waals surface area contributed by atoms with Crippen LogP contribution in [0.3, 0.4) is 0 Å². The second-order valence-corrected chi connectivity index (χ2v) is 4.95. The van der Waals surface area contributed by atoms with E-state index in [1.165, 1.54) is 18.2 Å². The smallest absolute Gasteiger partial charge is 0.255 e. The average molecular weight is 356 g/mol. The Morgan fingerprint density at radius 3 is 2.44 bits per heavy atom. The summed E-state index contributed by atoms with van der Waals surface area (Å²) in [6.45, 7) is 0. The van der Waals surface area contributed by atoms with Gasteiger partial charge in [-0.05, 0) is 65.1 Å². The zero-order chi connectivity index (χ0) is 13.1. The van der Waals surface area contributed by atoms with Gasteiger partial charge in [-0.15, -0.1) is 0 Å². The lowest BCUT2D eigenvalue weighted by atomic mass is 10.2. The number of amides is 1. The van der Waals surface area contributed by atoms with Crippen molar-refractivity contribution in [1.29, 1.82) is 0 Å². The van der Waals surface area contributed by atoms with Gasteiger partial charge in [-0.3, -0.25) is 4.79 Å². The van der Waals surface area contributed by atoms with Gasteiger partial charge in [0.2, 0.25) is 0 Å². The van der Waals surface area contributed by atoms with Gasteiger partial charge in [-0.1, -0.05) is 0 Å². The molecule has 0 aliphatic rings. The molecule has 0 aliphatic carbocycles. The summed E-state index contributed by atoms with van der Waals surface area (Å²) >= 11 is 2.15. The molecule has 3 N–H and O–H groups in total. The summed E-state index contributed by atoms with van der Waals surface area (Å²) in [6.07, 6.45) is 0. The molecule has 0 heterocycles. The van der Waals surface area contributed by atoms with Gasteiger partial charge in [0, 0.05) is 14.8 Å². The standard InChI is InChI=1S/C13H10FIN2O/c14-11-7-10(16)5-6-12(11)17-13(18)8-1-3-9(15)4-2-8/h1-7H,16H2,(H,17,18). The molecule has 0 saturated heterocycles. The second-order valence-electron chi connectivity index (χ2n) is 3.70. The summed E-state index contributed by atoms with van der Waals surface area (Å²) in [7, 11) is 0. The van der Waals surface area contributed by atoms with E-state index in [0.29, 0.717) is 11.3 Å². The van der Waals surface area contributed by atoms with Gasteiger partial charge in [-0.2, -0.15) is 0 Å². The molecule has 0 radical (unpaired) electrons. The highest BCUT2D eigenvalue weighted by atomic mass is 127. The molecule has 92 valence electrons. The second kappa shape index (κ2) is 5.34. The monoisotopic (exact) mass is 356 g/mol. The number of halogens is 2. The van der Waals surface area contributed by atoms with Crippen molar-refractivity contribution in [1.82, 2.24) is 0 Å². The largest absolute Gasteiger partial charge is 0.399 e. The van der Waals surface area contributed by atoms with Crippen LogP contribution in [0.25, 0.3) is 0 Å². The van der Waals surface area contributed by atoms with E-state index >= 15 is 0 Å². The van der Waals surface area contributed by atoms with Gasteiger partial charge >= 0.3 is 0 Å². The molecule has 0 bridgehead atoms. The van der Waals surface area contributed by atoms with Crippen LogP contribution in [-0.4, -0.2) is 5.91 Å². The lowest BCUT2D eigenvalue weighted by molar-refractivity contribution is 0.102. The van der Waals surface area contributed by atoms with E-state index < -0.39 is 5.82 Å². The number of nitrogens with two attached hydrogens (primary N) is 1. The molecular weight excluding hydrogens is 346 g/mol. The third-order valence-corrected chi connectivity index (χ3v) is 3.07. The predicted octanol–water partition coefficient (Wildman–Crippen LogP) is 3.26. The first-order chi connectivity index (χ1) is 8.56. The van der Waals surface area contributed by atoms with Crippen LogP contribution in [0.5, 0.6) is 0 Å². The van der Waals surface area contributed by atoms with E-state index in [-0.39, 0.29) is 11.6 Å². The van der Waals surface area contributed by atoms with Crippen molar-refractivity contribution in [3.8, 4) is 0 Å². The fourth-order valence-electron chi connectivity index (χ4n) is 1.43. The Kier molecular flexibility index (Phi) is 3.81. The Balaban J connectivity index is 2.18. The zero-order valence-corrected chi connectivity index (χ0v) is 11.4. The molecule has 0 unspecified atom stereocenters. The minimum Gasteiger partial charge on any atom is -0.399 e. The summed E-state index contributed by atoms with van der Waals surface area (Å²) in [6, 6.07) is 11.1. The van der Waals surface area contributed by atoms with E-state index in [1.807, 2.05) is 12.1 Å². The molecular formula is C13H10FIN2O. The maximum Gasteiger partial charge on any atom is 0.255 e. The van der Waals surface area contributed by atoms with Crippen molar-refractivity contribution in [3.63, 3.8) is 0 Å². The van der Waals surface area contributed by atoms with Gasteiger partial charge in [-0.25, -0.2) is 4.39 Å². The molecule has 0 fully saturated rings. The number of nitrogen functional groups attached to an aromatic ring is 1. The number of anilines is 2. The van der Waals surface area contributed by atoms with E-state index in [1.54, 1.807) is 12.1 Å². The Labute approximate surface area is 117 Å². The van der Waals surface area contributed by atoms with E-state index in [4.69, 9.17) is 5.73 Å². The van der Waals surface area contributed by atoms with Crippen LogP contribution in [0.2, 0.25) is 0 Å². The molecule has 0 saturated carbocycles. The van der Waals surface area contributed by atoms with Crippen LogP contribution >= 0.6 is 22.6 Å². The number of hydrogen-bond donors (Lipinski definition) is 2. The Bertz CT molecular complexity index is 584. The maximum absolute atomic E-state index is 13.5. The lowest BCUT2D eigenvalue weighted by Gasteiger charge is -2.07. The predicted molar refractivity (Wildman–Crippen MR) is 77.9 cm³/mol. The highest BCUT2D eigenvalue weighted by Gasteiger charge is 2.09. The van der Waals surface area contributed by atoms with Crippen molar-refractivity contribution in [3.05, 3.63) is 57.4 Å². The zero-order valence-electron chi connectivity index (χ0n) is 9.28. The number of hydrogen-bond acceptors (Lipinski definition) is 2. The summed E-state index contributed by atoms with van der Waals surface area (Å²) in [5.74, 6) is -0.899. The summed E-state index contributed by atoms with van der Waals surface area (Å²) in [4.78, 5) is 11.9. The van der Waals surface area contributed by atoms with Crippen molar-refractivity contribution in [2.24, 2.45) is 0 Å². The first kappa shape index (κ1) is 12.8. The van der Waals surface area contributed by atoms with Crippen LogP contribution in [0, 0.1) is 9.39 Å². The fourth-order valence-corrected chi connectivity index (χ4v) is 1.79. The van der Waals surface area contributed by atoms with E-state index in [9.17, 15) is 9.18 Å². The molecule has 18 heavy (non-hydrogen) atoms. The van der Waals surface area contributed by atoms with Gasteiger partial charge in [0.15, 0.2) is 0 Å². The van der Waals surface area contributed by atoms with Crippen molar-refractivity contribution in [2.45, 2.75) is 0 Å². The fraction of sp³-hybridized carbons (Fsp3) is 0. The van der Waals surface area contributed by atoms with Gasteiger partial charge in [0.25, 0.3) is 5.91 Å². The number of nitrogens with one attached hydrogen (secondary N) is 1. The molecule has 2 rings (SSSR count). The molecule has 0 aromatic heterocycles. The van der Waals surface area contributed by atoms with Crippen molar-refractivity contribution < 1.29 is 9.18 Å². The molecule has 5 heteroatoms. The highest BCUT2D eigenvalue weighted by Crippen LogP contribution is 2.18. The van der Waals surface area contributed by atoms with Crippen LogP contribution in [0.1, 0.15) is 10.4 Å². The highest BCUT2D eigenvalue weighted by molar-refractivity contribution is 14.1. The van der Waals surface area contributed by atoms with Gasteiger partial charge < -0.3 is 11.1 Å².